The van der Waals surface area contributed by atoms with Crippen LogP contribution in [0.2, 0.25) is 0 Å². The highest BCUT2D eigenvalue weighted by atomic mass is 16.7. The molecule has 0 saturated heterocycles. The third-order valence-electron chi connectivity index (χ3n) is 6.45. The molecule has 2 heterocycles. The van der Waals surface area contributed by atoms with Crippen molar-refractivity contribution in [3.05, 3.63) is 41.5 Å². The lowest BCUT2D eigenvalue weighted by atomic mass is 9.61. The van der Waals surface area contributed by atoms with Crippen LogP contribution in [0.3, 0.4) is 0 Å². The summed E-state index contributed by atoms with van der Waals surface area (Å²) < 4.78 is 28.3. The number of ether oxygens (including phenoxy) is 5. The Kier molecular flexibility index (Phi) is 4.38. The van der Waals surface area contributed by atoms with E-state index in [0.717, 1.165) is 11.1 Å². The Balaban J connectivity index is 1.74. The van der Waals surface area contributed by atoms with Gasteiger partial charge in [-0.3, -0.25) is 4.79 Å². The minimum absolute atomic E-state index is 0.0371. The van der Waals surface area contributed by atoms with Crippen molar-refractivity contribution in [2.75, 3.05) is 21.0 Å². The van der Waals surface area contributed by atoms with Crippen LogP contribution in [-0.2, 0) is 4.79 Å². The number of carbonyl (C=O) groups is 1. The van der Waals surface area contributed by atoms with Crippen LogP contribution in [-0.4, -0.2) is 37.7 Å². The molecule has 0 amide bonds. The van der Waals surface area contributed by atoms with Gasteiger partial charge in [-0.05, 0) is 17.5 Å². The molecule has 1 saturated carbocycles. The summed E-state index contributed by atoms with van der Waals surface area (Å²) in [5.74, 6) is -0.0872. The van der Waals surface area contributed by atoms with Crippen molar-refractivity contribution in [2.24, 2.45) is 11.3 Å². The average Bonchev–Trinajstić information content (AvgIpc) is 3.16. The third-order valence-corrected chi connectivity index (χ3v) is 6.45. The molecule has 2 aromatic carbocycles. The van der Waals surface area contributed by atoms with Gasteiger partial charge in [-0.2, -0.15) is 0 Å². The predicted octanol–water partition coefficient (Wildman–Crippen LogP) is 3.65. The number of benzene rings is 2. The number of Topliss-reactive ketones (excluding diaryl/α,β-unsaturated/α-hetero) is 1. The number of methoxy groups -OCH3 is 2. The molecule has 3 aliphatic rings. The maximum Gasteiger partial charge on any atom is 0.231 e. The first-order valence-electron chi connectivity index (χ1n) is 10.3. The Morgan fingerprint density at radius 3 is 2.45 bits per heavy atom. The Bertz CT molecular complexity index is 1060. The van der Waals surface area contributed by atoms with E-state index < -0.39 is 17.6 Å². The van der Waals surface area contributed by atoms with Gasteiger partial charge in [0.15, 0.2) is 11.5 Å². The monoisotopic (exact) mass is 426 g/mol. The highest BCUT2D eigenvalue weighted by Gasteiger charge is 2.59. The number of hydrogen-bond acceptors (Lipinski definition) is 7. The minimum atomic E-state index is -1.64. The standard InChI is InChI=1S/C24H26O7/c1-23(2)10-16(25)22-21(14-6-5-13(27-3)7-17(14)28-4)15-8-19-20(30-12-29-19)9-18(15)31-24(22,26)11-23/h5-9,21-22,26H,10-12H2,1-4H3/t21-,22+,24-/m1/s1. The van der Waals surface area contributed by atoms with Gasteiger partial charge in [0.2, 0.25) is 12.6 Å². The summed E-state index contributed by atoms with van der Waals surface area (Å²) in [6.45, 7) is 4.07. The normalized spacial score (nSPS) is 27.7. The van der Waals surface area contributed by atoms with Crippen molar-refractivity contribution in [2.45, 2.75) is 38.4 Å². The van der Waals surface area contributed by atoms with Crippen LogP contribution in [0.25, 0.3) is 0 Å². The molecule has 0 radical (unpaired) electrons. The van der Waals surface area contributed by atoms with Crippen molar-refractivity contribution in [3.8, 4) is 28.7 Å². The number of fused-ring (bicyclic) bond motifs is 3. The fourth-order valence-corrected chi connectivity index (χ4v) is 5.30. The molecule has 2 aliphatic heterocycles. The van der Waals surface area contributed by atoms with Gasteiger partial charge >= 0.3 is 0 Å². The van der Waals surface area contributed by atoms with E-state index in [1.165, 1.54) is 0 Å². The van der Waals surface area contributed by atoms with E-state index in [-0.39, 0.29) is 18.0 Å². The minimum Gasteiger partial charge on any atom is -0.497 e. The summed E-state index contributed by atoms with van der Waals surface area (Å²) in [7, 11) is 3.17. The molecular formula is C24H26O7. The lowest BCUT2D eigenvalue weighted by molar-refractivity contribution is -0.222. The predicted molar refractivity (Wildman–Crippen MR) is 111 cm³/mol. The number of carbonyl (C=O) groups excluding carboxylic acids is 1. The lowest BCUT2D eigenvalue weighted by Crippen LogP contribution is -2.58. The lowest BCUT2D eigenvalue weighted by Gasteiger charge is -2.51. The van der Waals surface area contributed by atoms with Gasteiger partial charge in [-0.25, -0.2) is 0 Å². The fourth-order valence-electron chi connectivity index (χ4n) is 5.30. The molecule has 7 heteroatoms. The number of aliphatic hydroxyl groups is 1. The zero-order chi connectivity index (χ0) is 22.0. The molecule has 31 heavy (non-hydrogen) atoms. The molecule has 3 atom stereocenters. The van der Waals surface area contributed by atoms with Gasteiger partial charge in [0.05, 0.1) is 20.1 Å². The molecule has 164 valence electrons. The van der Waals surface area contributed by atoms with Crippen molar-refractivity contribution in [1.82, 2.24) is 0 Å². The maximum atomic E-state index is 13.4. The molecule has 1 fully saturated rings. The highest BCUT2D eigenvalue weighted by molar-refractivity contribution is 5.86. The molecule has 0 bridgehead atoms. The molecule has 0 unspecified atom stereocenters. The Morgan fingerprint density at radius 1 is 1.00 bits per heavy atom. The highest BCUT2D eigenvalue weighted by Crippen LogP contribution is 2.58. The largest absolute Gasteiger partial charge is 0.497 e. The van der Waals surface area contributed by atoms with Crippen molar-refractivity contribution < 1.29 is 33.6 Å². The second kappa shape index (κ2) is 6.79. The average molecular weight is 426 g/mol. The number of ketones is 1. The quantitative estimate of drug-likeness (QED) is 0.802. The number of hydrogen-bond donors (Lipinski definition) is 1. The summed E-state index contributed by atoms with van der Waals surface area (Å²) in [5.41, 5.74) is 1.16. The summed E-state index contributed by atoms with van der Waals surface area (Å²) in [6.07, 6.45) is 0.692. The third kappa shape index (κ3) is 3.10. The van der Waals surface area contributed by atoms with E-state index in [2.05, 4.69) is 0 Å². The van der Waals surface area contributed by atoms with Crippen LogP contribution in [0.4, 0.5) is 0 Å². The summed E-state index contributed by atoms with van der Waals surface area (Å²) in [6, 6.07) is 9.08. The van der Waals surface area contributed by atoms with E-state index in [9.17, 15) is 9.90 Å². The van der Waals surface area contributed by atoms with Crippen molar-refractivity contribution in [3.63, 3.8) is 0 Å². The van der Waals surface area contributed by atoms with Gasteiger partial charge in [-0.15, -0.1) is 0 Å². The molecule has 2 aromatic rings. The maximum absolute atomic E-state index is 13.4. The first-order valence-corrected chi connectivity index (χ1v) is 10.3. The fraction of sp³-hybridized carbons (Fsp3) is 0.458. The summed E-state index contributed by atoms with van der Waals surface area (Å²) in [5, 5.41) is 11.7. The molecule has 7 nitrogen and oxygen atoms in total. The molecule has 1 N–H and O–H groups in total. The van der Waals surface area contributed by atoms with E-state index >= 15 is 0 Å². The van der Waals surface area contributed by atoms with Crippen LogP contribution in [0, 0.1) is 11.3 Å². The van der Waals surface area contributed by atoms with Gasteiger partial charge in [0, 0.05) is 42.0 Å². The first kappa shape index (κ1) is 20.0. The summed E-state index contributed by atoms with van der Waals surface area (Å²) in [4.78, 5) is 13.4. The van der Waals surface area contributed by atoms with Gasteiger partial charge in [0.1, 0.15) is 23.0 Å². The molecule has 5 rings (SSSR count). The van der Waals surface area contributed by atoms with Crippen LogP contribution in [0.1, 0.15) is 43.7 Å². The summed E-state index contributed by atoms with van der Waals surface area (Å²) >= 11 is 0. The van der Waals surface area contributed by atoms with E-state index in [1.54, 1.807) is 26.4 Å². The second-order valence-corrected chi connectivity index (χ2v) is 9.24. The smallest absolute Gasteiger partial charge is 0.231 e. The van der Waals surface area contributed by atoms with E-state index in [4.69, 9.17) is 23.7 Å². The molecular weight excluding hydrogens is 400 g/mol. The first-order chi connectivity index (χ1) is 14.7. The SMILES string of the molecule is COc1ccc([C@@H]2c3cc4c(cc3O[C@]3(O)CC(C)(C)CC(=O)[C@@H]23)OCO4)c(OC)c1. The Morgan fingerprint density at radius 2 is 1.74 bits per heavy atom. The van der Waals surface area contributed by atoms with E-state index in [0.29, 0.717) is 41.6 Å². The zero-order valence-corrected chi connectivity index (χ0v) is 18.1. The Hall–Kier alpha value is -2.93. The van der Waals surface area contributed by atoms with Gasteiger partial charge in [0.25, 0.3) is 0 Å². The van der Waals surface area contributed by atoms with Crippen LogP contribution in [0.5, 0.6) is 28.7 Å². The van der Waals surface area contributed by atoms with Gasteiger partial charge < -0.3 is 28.8 Å². The topological polar surface area (TPSA) is 83.5 Å². The van der Waals surface area contributed by atoms with Crippen LogP contribution >= 0.6 is 0 Å². The second-order valence-electron chi connectivity index (χ2n) is 9.24. The molecule has 1 aliphatic carbocycles. The van der Waals surface area contributed by atoms with Crippen molar-refractivity contribution in [1.29, 1.82) is 0 Å². The molecule has 0 aromatic heterocycles. The zero-order valence-electron chi connectivity index (χ0n) is 18.1. The number of rotatable bonds is 3. The van der Waals surface area contributed by atoms with Crippen LogP contribution < -0.4 is 23.7 Å². The van der Waals surface area contributed by atoms with Crippen molar-refractivity contribution >= 4 is 5.78 Å². The van der Waals surface area contributed by atoms with E-state index in [1.807, 2.05) is 32.0 Å². The Labute approximate surface area is 180 Å². The van der Waals surface area contributed by atoms with Gasteiger partial charge in [-0.1, -0.05) is 19.9 Å². The molecule has 0 spiro atoms. The van der Waals surface area contributed by atoms with Crippen LogP contribution in [0.15, 0.2) is 30.3 Å².